The van der Waals surface area contributed by atoms with Crippen LogP contribution in [-0.2, 0) is 13.1 Å². The van der Waals surface area contributed by atoms with Gasteiger partial charge in [-0.25, -0.2) is 4.39 Å². The number of hydrogen-bond acceptors (Lipinski definition) is 2. The molecule has 94 valence electrons. The molecule has 1 aromatic carbocycles. The van der Waals surface area contributed by atoms with Gasteiger partial charge in [-0.2, -0.15) is 0 Å². The first-order valence-corrected chi connectivity index (χ1v) is 6.44. The molecule has 4 heteroatoms. The maximum absolute atomic E-state index is 12.4. The minimum absolute atomic E-state index is 0.447. The number of rotatable bonds is 4. The van der Waals surface area contributed by atoms with E-state index in [-0.39, 0.29) is 0 Å². The zero-order valence-electron chi connectivity index (χ0n) is 9.88. The number of alkyl halides is 1. The van der Waals surface area contributed by atoms with E-state index >= 15 is 0 Å². The van der Waals surface area contributed by atoms with E-state index in [4.69, 9.17) is 11.6 Å². The maximum atomic E-state index is 12.4. The normalized spacial score (nSPS) is 17.3. The fraction of sp³-hybridized carbons (Fsp3) is 0.538. The van der Waals surface area contributed by atoms with E-state index in [1.54, 1.807) is 6.07 Å². The van der Waals surface area contributed by atoms with Crippen molar-refractivity contribution in [2.75, 3.05) is 32.7 Å². The predicted octanol–water partition coefficient (Wildman–Crippen LogP) is 2.26. The van der Waals surface area contributed by atoms with Gasteiger partial charge in [0.2, 0.25) is 0 Å². The Kier molecular flexibility index (Phi) is 4.77. The van der Waals surface area contributed by atoms with Crippen LogP contribution in [0.3, 0.4) is 0 Å². The number of benzene rings is 1. The number of halogens is 2. The number of nitrogens with zero attached hydrogens (tertiary/aromatic N) is 1. The van der Waals surface area contributed by atoms with E-state index in [2.05, 4.69) is 10.2 Å². The largest absolute Gasteiger partial charge is 0.314 e. The first-order chi connectivity index (χ1) is 8.29. The highest BCUT2D eigenvalue weighted by Gasteiger charge is 2.10. The van der Waals surface area contributed by atoms with Crippen LogP contribution in [0.25, 0.3) is 0 Å². The number of nitrogens with one attached hydrogen (secondary N) is 1. The molecule has 1 N–H and O–H groups in total. The molecule has 1 fully saturated rings. The van der Waals surface area contributed by atoms with Crippen molar-refractivity contribution in [3.05, 3.63) is 34.3 Å². The third-order valence-electron chi connectivity index (χ3n) is 3.18. The molecular weight excluding hydrogens is 239 g/mol. The summed E-state index contributed by atoms with van der Waals surface area (Å²) in [6.45, 7) is 4.90. The molecule has 1 aliphatic rings. The lowest BCUT2D eigenvalue weighted by molar-refractivity contribution is 0.244. The molecule has 1 saturated heterocycles. The lowest BCUT2D eigenvalue weighted by Gasteiger charge is -2.27. The Labute approximate surface area is 107 Å². The topological polar surface area (TPSA) is 15.3 Å². The molecular formula is C13H18ClFN2. The third kappa shape index (κ3) is 3.66. The summed E-state index contributed by atoms with van der Waals surface area (Å²) in [5.74, 6) is 0. The van der Waals surface area contributed by atoms with Gasteiger partial charge in [-0.05, 0) is 23.6 Å². The van der Waals surface area contributed by atoms with Crippen molar-refractivity contribution in [1.82, 2.24) is 10.2 Å². The Balaban J connectivity index is 1.89. The molecule has 0 aliphatic carbocycles. The Morgan fingerprint density at radius 2 is 2.06 bits per heavy atom. The van der Waals surface area contributed by atoms with Crippen molar-refractivity contribution in [2.24, 2.45) is 0 Å². The van der Waals surface area contributed by atoms with E-state index in [0.717, 1.165) is 44.7 Å². The van der Waals surface area contributed by atoms with E-state index in [1.165, 1.54) is 0 Å². The number of piperazine rings is 1. The van der Waals surface area contributed by atoms with Crippen molar-refractivity contribution in [3.63, 3.8) is 0 Å². The lowest BCUT2D eigenvalue weighted by atomic mass is 10.1. The quantitative estimate of drug-likeness (QED) is 0.889. The first-order valence-electron chi connectivity index (χ1n) is 6.06. The van der Waals surface area contributed by atoms with Gasteiger partial charge in [-0.3, -0.25) is 0 Å². The molecule has 0 spiro atoms. The van der Waals surface area contributed by atoms with Crippen LogP contribution in [0.15, 0.2) is 18.2 Å². The molecule has 0 unspecified atom stereocenters. The second-order valence-electron chi connectivity index (χ2n) is 4.40. The Morgan fingerprint density at radius 1 is 1.29 bits per heavy atom. The molecule has 1 aromatic rings. The molecule has 17 heavy (non-hydrogen) atoms. The summed E-state index contributed by atoms with van der Waals surface area (Å²) in [6.07, 6.45) is 0.936. The van der Waals surface area contributed by atoms with E-state index in [9.17, 15) is 4.39 Å². The van der Waals surface area contributed by atoms with Crippen LogP contribution >= 0.6 is 11.6 Å². The van der Waals surface area contributed by atoms with Crippen LogP contribution < -0.4 is 5.32 Å². The fourth-order valence-electron chi connectivity index (χ4n) is 2.09. The lowest BCUT2D eigenvalue weighted by Crippen LogP contribution is -2.44. The van der Waals surface area contributed by atoms with Crippen molar-refractivity contribution >= 4 is 11.6 Å². The van der Waals surface area contributed by atoms with Crippen LogP contribution in [0.2, 0.25) is 5.02 Å². The summed E-state index contributed by atoms with van der Waals surface area (Å²) in [5, 5.41) is 4.02. The predicted molar refractivity (Wildman–Crippen MR) is 69.3 cm³/mol. The zero-order valence-corrected chi connectivity index (χ0v) is 10.6. The molecule has 0 bridgehead atoms. The summed E-state index contributed by atoms with van der Waals surface area (Å²) in [7, 11) is 0. The maximum Gasteiger partial charge on any atom is 0.115 e. The average molecular weight is 257 g/mol. The molecule has 2 rings (SSSR count). The second-order valence-corrected chi connectivity index (χ2v) is 4.81. The van der Waals surface area contributed by atoms with Crippen LogP contribution in [0.1, 0.15) is 11.1 Å². The third-order valence-corrected chi connectivity index (χ3v) is 3.53. The van der Waals surface area contributed by atoms with Crippen molar-refractivity contribution in [1.29, 1.82) is 0 Å². The standard InChI is InChI=1S/C13H18ClFN2/c14-13-9-11(10-15)1-2-12(13)3-6-17-7-4-16-5-8-17/h1-2,9,16H,3-8,10H2. The van der Waals surface area contributed by atoms with Gasteiger partial charge in [0.25, 0.3) is 0 Å². The second kappa shape index (κ2) is 6.34. The molecule has 0 radical (unpaired) electrons. The summed E-state index contributed by atoms with van der Waals surface area (Å²) in [4.78, 5) is 2.43. The van der Waals surface area contributed by atoms with Gasteiger partial charge >= 0.3 is 0 Å². The van der Waals surface area contributed by atoms with E-state index in [0.29, 0.717) is 10.6 Å². The molecule has 0 atom stereocenters. The summed E-state index contributed by atoms with van der Waals surface area (Å²) >= 11 is 6.13. The van der Waals surface area contributed by atoms with Gasteiger partial charge in [0.15, 0.2) is 0 Å². The first kappa shape index (κ1) is 12.8. The van der Waals surface area contributed by atoms with Gasteiger partial charge < -0.3 is 10.2 Å². The summed E-state index contributed by atoms with van der Waals surface area (Å²) in [5.41, 5.74) is 1.77. The van der Waals surface area contributed by atoms with Crippen molar-refractivity contribution < 1.29 is 4.39 Å². The molecule has 2 nitrogen and oxygen atoms in total. The number of hydrogen-bond donors (Lipinski definition) is 1. The van der Waals surface area contributed by atoms with Crippen LogP contribution in [-0.4, -0.2) is 37.6 Å². The summed E-state index contributed by atoms with van der Waals surface area (Å²) < 4.78 is 12.4. The van der Waals surface area contributed by atoms with Crippen molar-refractivity contribution in [3.8, 4) is 0 Å². The molecule has 1 heterocycles. The Bertz CT molecular complexity index is 364. The highest BCUT2D eigenvalue weighted by molar-refractivity contribution is 6.31. The highest BCUT2D eigenvalue weighted by atomic mass is 35.5. The molecule has 0 amide bonds. The van der Waals surface area contributed by atoms with Gasteiger partial charge in [0.1, 0.15) is 6.67 Å². The fourth-order valence-corrected chi connectivity index (χ4v) is 2.39. The van der Waals surface area contributed by atoms with Crippen molar-refractivity contribution in [2.45, 2.75) is 13.1 Å². The molecule has 1 aliphatic heterocycles. The monoisotopic (exact) mass is 256 g/mol. The minimum atomic E-state index is -0.447. The highest BCUT2D eigenvalue weighted by Crippen LogP contribution is 2.19. The Morgan fingerprint density at radius 3 is 2.71 bits per heavy atom. The zero-order chi connectivity index (χ0) is 12.1. The average Bonchev–Trinajstić information content (AvgIpc) is 2.38. The Hall–Kier alpha value is -0.640. The van der Waals surface area contributed by atoms with Crippen LogP contribution in [0.4, 0.5) is 4.39 Å². The van der Waals surface area contributed by atoms with Gasteiger partial charge in [-0.15, -0.1) is 0 Å². The SMILES string of the molecule is FCc1ccc(CCN2CCNCC2)c(Cl)c1. The van der Waals surface area contributed by atoms with Crippen LogP contribution in [0, 0.1) is 0 Å². The van der Waals surface area contributed by atoms with Gasteiger partial charge in [-0.1, -0.05) is 23.7 Å². The van der Waals surface area contributed by atoms with E-state index in [1.807, 2.05) is 12.1 Å². The summed E-state index contributed by atoms with van der Waals surface area (Å²) in [6, 6.07) is 5.49. The molecule has 0 saturated carbocycles. The van der Waals surface area contributed by atoms with Gasteiger partial charge in [0, 0.05) is 37.7 Å². The minimum Gasteiger partial charge on any atom is -0.314 e. The smallest absolute Gasteiger partial charge is 0.115 e. The molecule has 0 aromatic heterocycles. The van der Waals surface area contributed by atoms with E-state index < -0.39 is 6.67 Å². The van der Waals surface area contributed by atoms with Crippen LogP contribution in [0.5, 0.6) is 0 Å². The van der Waals surface area contributed by atoms with Gasteiger partial charge in [0.05, 0.1) is 0 Å².